The lowest BCUT2D eigenvalue weighted by Gasteiger charge is -2.09. The van der Waals surface area contributed by atoms with E-state index in [1.165, 1.54) is 6.42 Å². The molecule has 0 aromatic heterocycles. The van der Waals surface area contributed by atoms with Crippen LogP contribution in [0.4, 0.5) is 0 Å². The summed E-state index contributed by atoms with van der Waals surface area (Å²) >= 11 is 4.16. The molecule has 0 spiro atoms. The van der Waals surface area contributed by atoms with E-state index in [4.69, 9.17) is 9.84 Å². The molecule has 0 saturated heterocycles. The summed E-state index contributed by atoms with van der Waals surface area (Å²) in [5, 5.41) is 8.38. The number of unbranched alkanes of at least 4 members (excludes halogenated alkanes) is 1. The molecular weight excluding hydrogens is 148 g/mol. The van der Waals surface area contributed by atoms with Gasteiger partial charge in [0, 0.05) is 0 Å². The van der Waals surface area contributed by atoms with Crippen LogP contribution in [0.1, 0.15) is 26.2 Å². The first-order chi connectivity index (χ1) is 4.81. The van der Waals surface area contributed by atoms with Crippen LogP contribution in [0.2, 0.25) is 0 Å². The molecule has 0 rings (SSSR count). The molecule has 3 heteroatoms. The molecule has 0 aromatic rings. The van der Waals surface area contributed by atoms with Crippen molar-refractivity contribution in [3.8, 4) is 0 Å². The average Bonchev–Trinajstić information content (AvgIpc) is 1.97. The standard InChI is InChI=1S/C7H16O2S/c1-2-3-4-7(10)9-6-5-8/h7-8,10H,2-6H2,1H3. The number of ether oxygens (including phenoxy) is 1. The predicted molar refractivity (Wildman–Crippen MR) is 45.3 cm³/mol. The van der Waals surface area contributed by atoms with E-state index in [-0.39, 0.29) is 12.0 Å². The zero-order valence-corrected chi connectivity index (χ0v) is 7.31. The number of aliphatic hydroxyl groups is 1. The van der Waals surface area contributed by atoms with Crippen LogP contribution in [0.25, 0.3) is 0 Å². The van der Waals surface area contributed by atoms with Gasteiger partial charge in [-0.1, -0.05) is 19.8 Å². The fraction of sp³-hybridized carbons (Fsp3) is 1.00. The van der Waals surface area contributed by atoms with Crippen molar-refractivity contribution in [3.63, 3.8) is 0 Å². The van der Waals surface area contributed by atoms with Crippen LogP contribution in [0.15, 0.2) is 0 Å². The Morgan fingerprint density at radius 1 is 1.60 bits per heavy atom. The molecule has 1 atom stereocenters. The van der Waals surface area contributed by atoms with Crippen LogP contribution < -0.4 is 0 Å². The largest absolute Gasteiger partial charge is 0.394 e. The Bertz CT molecular complexity index is 60.6. The van der Waals surface area contributed by atoms with E-state index in [2.05, 4.69) is 19.6 Å². The molecule has 0 radical (unpaired) electrons. The lowest BCUT2D eigenvalue weighted by Crippen LogP contribution is -2.08. The Kier molecular flexibility index (Phi) is 7.58. The molecule has 0 aromatic carbocycles. The third-order valence-corrected chi connectivity index (χ3v) is 1.61. The summed E-state index contributed by atoms with van der Waals surface area (Å²) in [7, 11) is 0. The third kappa shape index (κ3) is 6.39. The molecule has 2 nitrogen and oxygen atoms in total. The predicted octanol–water partition coefficient (Wildman–Crippen LogP) is 1.44. The fourth-order valence-corrected chi connectivity index (χ4v) is 0.939. The molecular formula is C7H16O2S. The highest BCUT2D eigenvalue weighted by molar-refractivity contribution is 7.80. The molecule has 0 aliphatic rings. The monoisotopic (exact) mass is 164 g/mol. The van der Waals surface area contributed by atoms with Gasteiger partial charge >= 0.3 is 0 Å². The van der Waals surface area contributed by atoms with Crippen molar-refractivity contribution in [1.29, 1.82) is 0 Å². The van der Waals surface area contributed by atoms with Crippen LogP contribution in [0, 0.1) is 0 Å². The average molecular weight is 164 g/mol. The van der Waals surface area contributed by atoms with Crippen LogP contribution in [0.3, 0.4) is 0 Å². The lowest BCUT2D eigenvalue weighted by atomic mass is 10.3. The summed E-state index contributed by atoms with van der Waals surface area (Å²) in [6.07, 6.45) is 3.28. The number of thiol groups is 1. The molecule has 1 unspecified atom stereocenters. The topological polar surface area (TPSA) is 29.5 Å². The maximum atomic E-state index is 8.38. The van der Waals surface area contributed by atoms with Gasteiger partial charge in [0.15, 0.2) is 0 Å². The maximum Gasteiger partial charge on any atom is 0.100 e. The van der Waals surface area contributed by atoms with E-state index in [9.17, 15) is 0 Å². The van der Waals surface area contributed by atoms with Crippen LogP contribution in [-0.2, 0) is 4.74 Å². The molecule has 0 amide bonds. The van der Waals surface area contributed by atoms with E-state index in [0.717, 1.165) is 12.8 Å². The molecule has 0 fully saturated rings. The maximum absolute atomic E-state index is 8.38. The third-order valence-electron chi connectivity index (χ3n) is 1.21. The molecule has 0 heterocycles. The molecule has 62 valence electrons. The first-order valence-electron chi connectivity index (χ1n) is 3.71. The van der Waals surface area contributed by atoms with E-state index in [1.54, 1.807) is 0 Å². The van der Waals surface area contributed by atoms with E-state index >= 15 is 0 Å². The second-order valence-corrected chi connectivity index (χ2v) is 2.77. The normalized spacial score (nSPS) is 13.5. The van der Waals surface area contributed by atoms with Crippen LogP contribution >= 0.6 is 12.6 Å². The summed E-state index contributed by atoms with van der Waals surface area (Å²) in [6.45, 7) is 2.62. The van der Waals surface area contributed by atoms with Crippen molar-refractivity contribution in [2.75, 3.05) is 13.2 Å². The highest BCUT2D eigenvalue weighted by Crippen LogP contribution is 2.07. The lowest BCUT2D eigenvalue weighted by molar-refractivity contribution is 0.0719. The molecule has 10 heavy (non-hydrogen) atoms. The highest BCUT2D eigenvalue weighted by atomic mass is 32.1. The summed E-state index contributed by atoms with van der Waals surface area (Å²) in [6, 6.07) is 0. The van der Waals surface area contributed by atoms with Gasteiger partial charge in [-0.3, -0.25) is 0 Å². The first-order valence-corrected chi connectivity index (χ1v) is 4.23. The molecule has 0 saturated carbocycles. The zero-order valence-electron chi connectivity index (χ0n) is 6.42. The Morgan fingerprint density at radius 2 is 2.30 bits per heavy atom. The minimum absolute atomic E-state index is 0.00657. The minimum Gasteiger partial charge on any atom is -0.394 e. The number of rotatable bonds is 6. The van der Waals surface area contributed by atoms with Gasteiger partial charge in [-0.05, 0) is 6.42 Å². The van der Waals surface area contributed by atoms with Gasteiger partial charge in [0.05, 0.1) is 13.2 Å². The van der Waals surface area contributed by atoms with E-state index in [1.807, 2.05) is 0 Å². The smallest absolute Gasteiger partial charge is 0.100 e. The number of aliphatic hydroxyl groups excluding tert-OH is 1. The second kappa shape index (κ2) is 7.38. The Balaban J connectivity index is 3.00. The van der Waals surface area contributed by atoms with Crippen molar-refractivity contribution >= 4 is 12.6 Å². The number of hydrogen-bond acceptors (Lipinski definition) is 3. The van der Waals surface area contributed by atoms with Gasteiger partial charge in [0.2, 0.25) is 0 Å². The first kappa shape index (κ1) is 10.3. The van der Waals surface area contributed by atoms with Crippen molar-refractivity contribution < 1.29 is 9.84 Å². The molecule has 1 N–H and O–H groups in total. The van der Waals surface area contributed by atoms with Gasteiger partial charge in [-0.2, -0.15) is 0 Å². The van der Waals surface area contributed by atoms with Gasteiger partial charge in [-0.25, -0.2) is 0 Å². The number of hydrogen-bond donors (Lipinski definition) is 2. The summed E-state index contributed by atoms with van der Waals surface area (Å²) in [5.41, 5.74) is 0.00657. The second-order valence-electron chi connectivity index (χ2n) is 2.19. The summed E-state index contributed by atoms with van der Waals surface area (Å²) < 4.78 is 5.11. The minimum atomic E-state index is 0.00657. The van der Waals surface area contributed by atoms with E-state index in [0.29, 0.717) is 6.61 Å². The SMILES string of the molecule is CCCCC(S)OCCO. The van der Waals surface area contributed by atoms with Crippen molar-refractivity contribution in [3.05, 3.63) is 0 Å². The summed E-state index contributed by atoms with van der Waals surface area (Å²) in [4.78, 5) is 0. The molecule has 0 bridgehead atoms. The molecule has 0 aliphatic carbocycles. The van der Waals surface area contributed by atoms with Crippen molar-refractivity contribution in [2.24, 2.45) is 0 Å². The molecule has 0 aliphatic heterocycles. The quantitative estimate of drug-likeness (QED) is 0.459. The van der Waals surface area contributed by atoms with Crippen LogP contribution in [0.5, 0.6) is 0 Å². The van der Waals surface area contributed by atoms with Gasteiger partial charge in [-0.15, -0.1) is 12.6 Å². The Morgan fingerprint density at radius 3 is 2.80 bits per heavy atom. The van der Waals surface area contributed by atoms with E-state index < -0.39 is 0 Å². The van der Waals surface area contributed by atoms with Gasteiger partial charge < -0.3 is 9.84 Å². The van der Waals surface area contributed by atoms with Crippen molar-refractivity contribution in [1.82, 2.24) is 0 Å². The van der Waals surface area contributed by atoms with Crippen LogP contribution in [-0.4, -0.2) is 23.8 Å². The Labute approximate surface area is 68.0 Å². The van der Waals surface area contributed by atoms with Crippen molar-refractivity contribution in [2.45, 2.75) is 31.6 Å². The highest BCUT2D eigenvalue weighted by Gasteiger charge is 1.99. The Hall–Kier alpha value is 0.270. The van der Waals surface area contributed by atoms with Gasteiger partial charge in [0.25, 0.3) is 0 Å². The zero-order chi connectivity index (χ0) is 7.82. The fourth-order valence-electron chi connectivity index (χ4n) is 0.651. The van der Waals surface area contributed by atoms with Gasteiger partial charge in [0.1, 0.15) is 5.44 Å². The summed E-state index contributed by atoms with van der Waals surface area (Å²) in [5.74, 6) is 0.